The Bertz CT molecular complexity index is 499. The van der Waals surface area contributed by atoms with E-state index in [4.69, 9.17) is 0 Å². The lowest BCUT2D eigenvalue weighted by Gasteiger charge is -2.38. The molecule has 0 spiro atoms. The summed E-state index contributed by atoms with van der Waals surface area (Å²) in [5, 5.41) is 2.94. The van der Waals surface area contributed by atoms with Crippen molar-refractivity contribution in [3.8, 4) is 0 Å². The first kappa shape index (κ1) is 15.4. The Morgan fingerprint density at radius 1 is 1.45 bits per heavy atom. The zero-order valence-electron chi connectivity index (χ0n) is 11.9. The van der Waals surface area contributed by atoms with Crippen LogP contribution in [0.25, 0.3) is 0 Å². The quantitative estimate of drug-likeness (QED) is 0.915. The number of hydrogen-bond donors (Lipinski definition) is 1. The van der Waals surface area contributed by atoms with Gasteiger partial charge >= 0.3 is 0 Å². The zero-order valence-corrected chi connectivity index (χ0v) is 13.5. The average molecular weight is 343 g/mol. The fraction of sp³-hybridized carbons (Fsp3) is 0.533. The molecule has 0 aliphatic carbocycles. The van der Waals surface area contributed by atoms with Crippen LogP contribution in [0.15, 0.2) is 22.7 Å². The lowest BCUT2D eigenvalue weighted by Crippen LogP contribution is -2.43. The van der Waals surface area contributed by atoms with Crippen LogP contribution < -0.4 is 5.32 Å². The van der Waals surface area contributed by atoms with E-state index in [-0.39, 0.29) is 11.3 Å². The summed E-state index contributed by atoms with van der Waals surface area (Å²) in [6.45, 7) is 4.93. The Labute approximate surface area is 127 Å². The molecule has 1 saturated heterocycles. The Morgan fingerprint density at radius 2 is 2.10 bits per heavy atom. The number of carbonyl (C=O) groups excluding carboxylic acids is 1. The molecule has 2 rings (SSSR count). The fourth-order valence-electron chi connectivity index (χ4n) is 2.40. The third-order valence-electron chi connectivity index (χ3n) is 4.04. The summed E-state index contributed by atoms with van der Waals surface area (Å²) in [6.07, 6.45) is 2.13. The van der Waals surface area contributed by atoms with Crippen molar-refractivity contribution in [2.24, 2.45) is 5.41 Å². The van der Waals surface area contributed by atoms with Crippen LogP contribution in [0.5, 0.6) is 0 Å². The predicted octanol–water partition coefficient (Wildman–Crippen LogP) is 3.05. The van der Waals surface area contributed by atoms with Crippen molar-refractivity contribution in [3.63, 3.8) is 0 Å². The molecule has 5 heteroatoms. The van der Waals surface area contributed by atoms with Crippen molar-refractivity contribution in [2.75, 3.05) is 26.7 Å². The Kier molecular flexibility index (Phi) is 4.81. The Morgan fingerprint density at radius 3 is 2.75 bits per heavy atom. The van der Waals surface area contributed by atoms with E-state index < -0.39 is 5.82 Å². The summed E-state index contributed by atoms with van der Waals surface area (Å²) in [5.74, 6) is -0.625. The molecule has 1 N–H and O–H groups in total. The van der Waals surface area contributed by atoms with Gasteiger partial charge in [-0.1, -0.05) is 6.92 Å². The first-order valence-corrected chi connectivity index (χ1v) is 7.61. The highest BCUT2D eigenvalue weighted by atomic mass is 79.9. The smallest absolute Gasteiger partial charge is 0.252 e. The Hall–Kier alpha value is -0.940. The van der Waals surface area contributed by atoms with Crippen LogP contribution >= 0.6 is 15.9 Å². The average Bonchev–Trinajstić information content (AvgIpc) is 2.43. The normalized spacial score (nSPS) is 18.8. The number of piperidine rings is 1. The van der Waals surface area contributed by atoms with E-state index in [1.165, 1.54) is 12.1 Å². The number of nitrogens with one attached hydrogen (secondary N) is 1. The molecule has 1 aliphatic rings. The number of hydrogen-bond acceptors (Lipinski definition) is 2. The molecule has 1 aliphatic heterocycles. The van der Waals surface area contributed by atoms with Crippen LogP contribution in [0.1, 0.15) is 30.1 Å². The highest BCUT2D eigenvalue weighted by Crippen LogP contribution is 2.29. The van der Waals surface area contributed by atoms with E-state index in [0.29, 0.717) is 16.6 Å². The van der Waals surface area contributed by atoms with E-state index in [2.05, 4.69) is 40.1 Å². The summed E-state index contributed by atoms with van der Waals surface area (Å²) < 4.78 is 13.8. The maximum absolute atomic E-state index is 13.2. The number of amides is 1. The molecule has 1 aromatic carbocycles. The van der Waals surface area contributed by atoms with E-state index >= 15 is 0 Å². The maximum atomic E-state index is 13.2. The van der Waals surface area contributed by atoms with Crippen molar-refractivity contribution < 1.29 is 9.18 Å². The van der Waals surface area contributed by atoms with Crippen molar-refractivity contribution in [1.82, 2.24) is 10.2 Å². The highest BCUT2D eigenvalue weighted by molar-refractivity contribution is 9.10. The molecule has 0 bridgehead atoms. The molecule has 0 aromatic heterocycles. The minimum absolute atomic E-state index is 0.127. The van der Waals surface area contributed by atoms with Crippen molar-refractivity contribution in [2.45, 2.75) is 19.8 Å². The molecule has 0 unspecified atom stereocenters. The van der Waals surface area contributed by atoms with Gasteiger partial charge in [0.15, 0.2) is 0 Å². The SMILES string of the molecule is CN1CCC(C)(CNC(=O)c2cc(F)ccc2Br)CC1. The van der Waals surface area contributed by atoms with E-state index in [1.807, 2.05) is 0 Å². The maximum Gasteiger partial charge on any atom is 0.252 e. The van der Waals surface area contributed by atoms with Gasteiger partial charge in [0.2, 0.25) is 0 Å². The second-order valence-electron chi connectivity index (χ2n) is 5.92. The van der Waals surface area contributed by atoms with Crippen molar-refractivity contribution in [1.29, 1.82) is 0 Å². The van der Waals surface area contributed by atoms with Gasteiger partial charge in [-0.15, -0.1) is 0 Å². The fourth-order valence-corrected chi connectivity index (χ4v) is 2.82. The number of likely N-dealkylation sites (tertiary alicyclic amines) is 1. The summed E-state index contributed by atoms with van der Waals surface area (Å²) in [5.41, 5.74) is 0.476. The molecule has 0 atom stereocenters. The highest BCUT2D eigenvalue weighted by Gasteiger charge is 2.29. The third kappa shape index (κ3) is 3.79. The first-order chi connectivity index (χ1) is 9.39. The molecule has 0 saturated carbocycles. The molecule has 1 aromatic rings. The third-order valence-corrected chi connectivity index (χ3v) is 4.73. The molecule has 110 valence electrons. The number of nitrogens with zero attached hydrogens (tertiary/aromatic N) is 1. The molecule has 1 heterocycles. The van der Waals surface area contributed by atoms with Crippen LogP contribution in [-0.4, -0.2) is 37.5 Å². The van der Waals surface area contributed by atoms with E-state index in [9.17, 15) is 9.18 Å². The van der Waals surface area contributed by atoms with Crippen LogP contribution in [-0.2, 0) is 0 Å². The topological polar surface area (TPSA) is 32.3 Å². The van der Waals surface area contributed by atoms with Crippen molar-refractivity contribution >= 4 is 21.8 Å². The summed E-state index contributed by atoms with van der Waals surface area (Å²) in [6, 6.07) is 4.15. The number of carbonyl (C=O) groups is 1. The van der Waals surface area contributed by atoms with Gasteiger partial charge in [0.05, 0.1) is 5.56 Å². The van der Waals surface area contributed by atoms with Crippen LogP contribution in [0.2, 0.25) is 0 Å². The van der Waals surface area contributed by atoms with E-state index in [0.717, 1.165) is 25.9 Å². The van der Waals surface area contributed by atoms with Gasteiger partial charge in [-0.2, -0.15) is 0 Å². The zero-order chi connectivity index (χ0) is 14.8. The Balaban J connectivity index is 1.97. The molecule has 3 nitrogen and oxygen atoms in total. The van der Waals surface area contributed by atoms with Crippen LogP contribution in [0, 0.1) is 11.2 Å². The minimum atomic E-state index is -0.399. The van der Waals surface area contributed by atoms with Crippen molar-refractivity contribution in [3.05, 3.63) is 34.1 Å². The van der Waals surface area contributed by atoms with Crippen LogP contribution in [0.3, 0.4) is 0 Å². The number of rotatable bonds is 3. The second kappa shape index (κ2) is 6.22. The van der Waals surface area contributed by atoms with Gasteiger partial charge in [-0.25, -0.2) is 4.39 Å². The molecule has 0 radical (unpaired) electrons. The van der Waals surface area contributed by atoms with Gasteiger partial charge in [0, 0.05) is 11.0 Å². The monoisotopic (exact) mass is 342 g/mol. The molecular weight excluding hydrogens is 323 g/mol. The number of halogens is 2. The first-order valence-electron chi connectivity index (χ1n) is 6.81. The van der Waals surface area contributed by atoms with Gasteiger partial charge in [-0.05, 0) is 72.5 Å². The molecular formula is C15H20BrFN2O. The summed E-state index contributed by atoms with van der Waals surface area (Å²) >= 11 is 3.28. The lowest BCUT2D eigenvalue weighted by atomic mass is 9.80. The lowest BCUT2D eigenvalue weighted by molar-refractivity contribution is 0.0890. The van der Waals surface area contributed by atoms with E-state index in [1.54, 1.807) is 6.07 Å². The molecule has 1 fully saturated rings. The minimum Gasteiger partial charge on any atom is -0.351 e. The van der Waals surface area contributed by atoms with Gasteiger partial charge in [-0.3, -0.25) is 4.79 Å². The largest absolute Gasteiger partial charge is 0.351 e. The van der Waals surface area contributed by atoms with Crippen LogP contribution in [0.4, 0.5) is 4.39 Å². The second-order valence-corrected chi connectivity index (χ2v) is 6.78. The molecule has 1 amide bonds. The van der Waals surface area contributed by atoms with Gasteiger partial charge in [0.1, 0.15) is 5.82 Å². The number of benzene rings is 1. The standard InChI is InChI=1S/C15H20BrFN2O/c1-15(5-7-19(2)8-6-15)10-18-14(20)12-9-11(17)3-4-13(12)16/h3-4,9H,5-8,10H2,1-2H3,(H,18,20). The summed E-state index contributed by atoms with van der Waals surface area (Å²) in [7, 11) is 2.11. The predicted molar refractivity (Wildman–Crippen MR) is 81.3 cm³/mol. The molecule has 20 heavy (non-hydrogen) atoms. The van der Waals surface area contributed by atoms with Gasteiger partial charge < -0.3 is 10.2 Å². The van der Waals surface area contributed by atoms with Gasteiger partial charge in [0.25, 0.3) is 5.91 Å². The summed E-state index contributed by atoms with van der Waals surface area (Å²) in [4.78, 5) is 14.4.